The lowest BCUT2D eigenvalue weighted by Gasteiger charge is -2.34. The largest absolute Gasteiger partial charge is 0.454 e. The van der Waals surface area contributed by atoms with Crippen molar-refractivity contribution >= 4 is 23.8 Å². The van der Waals surface area contributed by atoms with Crippen LogP contribution in [0.2, 0.25) is 0 Å². The average molecular weight is 365 g/mol. The highest BCUT2D eigenvalue weighted by Crippen LogP contribution is 2.34. The van der Waals surface area contributed by atoms with Crippen molar-refractivity contribution in [2.45, 2.75) is 51.5 Å². The topological polar surface area (TPSA) is 96.0 Å². The number of hydrogen-bond acceptors (Lipinski definition) is 5. The van der Waals surface area contributed by atoms with Gasteiger partial charge in [-0.25, -0.2) is 4.79 Å². The number of imide groups is 1. The van der Waals surface area contributed by atoms with Gasteiger partial charge in [-0.3, -0.25) is 19.3 Å². The average Bonchev–Trinajstić information content (AvgIpc) is 3.13. The van der Waals surface area contributed by atoms with Crippen LogP contribution in [-0.2, 0) is 19.1 Å². The highest BCUT2D eigenvalue weighted by Gasteiger charge is 2.52. The van der Waals surface area contributed by atoms with Crippen molar-refractivity contribution in [1.29, 1.82) is 0 Å². The Labute approximate surface area is 153 Å². The number of ether oxygens (including phenoxy) is 1. The smallest absolute Gasteiger partial charge is 0.326 e. The molecule has 0 bridgehead atoms. The fraction of sp³-hybridized carbons (Fsp3) is 0.778. The van der Waals surface area contributed by atoms with E-state index in [-0.39, 0.29) is 18.4 Å². The van der Waals surface area contributed by atoms with Crippen LogP contribution in [0.1, 0.15) is 46.0 Å². The molecule has 1 N–H and O–H groups in total. The van der Waals surface area contributed by atoms with Gasteiger partial charge in [0.2, 0.25) is 0 Å². The Morgan fingerprint density at radius 2 is 1.77 bits per heavy atom. The van der Waals surface area contributed by atoms with Crippen LogP contribution in [0.4, 0.5) is 4.79 Å². The van der Waals surface area contributed by atoms with Crippen LogP contribution < -0.4 is 5.32 Å². The number of amides is 4. The lowest BCUT2D eigenvalue weighted by molar-refractivity contribution is -0.154. The standard InChI is InChI=1S/C18H27N3O5/c1-12-7-13(2)9-20(8-12)14(22)11-26-15(23)10-21-16(24)18(19-17(21)25)5-3-4-6-18/h12-13H,3-11H2,1-2H3,(H,19,25)/t12-,13-/m0/s1. The summed E-state index contributed by atoms with van der Waals surface area (Å²) in [5.41, 5.74) is -0.840. The Morgan fingerprint density at radius 1 is 1.15 bits per heavy atom. The number of nitrogens with zero attached hydrogens (tertiary/aromatic N) is 2. The van der Waals surface area contributed by atoms with Gasteiger partial charge in [-0.1, -0.05) is 26.7 Å². The Bertz CT molecular complexity index is 604. The van der Waals surface area contributed by atoms with Crippen LogP contribution in [0.25, 0.3) is 0 Å². The molecule has 3 rings (SSSR count). The van der Waals surface area contributed by atoms with Crippen molar-refractivity contribution in [2.24, 2.45) is 11.8 Å². The van der Waals surface area contributed by atoms with Crippen molar-refractivity contribution in [3.05, 3.63) is 0 Å². The Kier molecular flexibility index (Phi) is 5.20. The quantitative estimate of drug-likeness (QED) is 0.590. The molecule has 0 aromatic heterocycles. The van der Waals surface area contributed by atoms with Crippen LogP contribution in [0.5, 0.6) is 0 Å². The predicted octanol–water partition coefficient (Wildman–Crippen LogP) is 0.899. The molecule has 2 heterocycles. The maximum absolute atomic E-state index is 12.5. The number of piperidine rings is 1. The molecule has 144 valence electrons. The molecule has 3 fully saturated rings. The minimum atomic E-state index is -0.840. The van der Waals surface area contributed by atoms with E-state index in [1.807, 2.05) is 0 Å². The van der Waals surface area contributed by atoms with Crippen LogP contribution in [0.15, 0.2) is 0 Å². The van der Waals surface area contributed by atoms with E-state index in [0.717, 1.165) is 24.2 Å². The summed E-state index contributed by atoms with van der Waals surface area (Å²) in [4.78, 5) is 51.5. The summed E-state index contributed by atoms with van der Waals surface area (Å²) in [6, 6.07) is -0.557. The molecule has 26 heavy (non-hydrogen) atoms. The van der Waals surface area contributed by atoms with Crippen molar-refractivity contribution in [1.82, 2.24) is 15.1 Å². The van der Waals surface area contributed by atoms with Gasteiger partial charge < -0.3 is 15.0 Å². The van der Waals surface area contributed by atoms with Crippen molar-refractivity contribution in [3.8, 4) is 0 Å². The van der Waals surface area contributed by atoms with Gasteiger partial charge in [-0.05, 0) is 31.1 Å². The van der Waals surface area contributed by atoms with E-state index in [2.05, 4.69) is 19.2 Å². The Hall–Kier alpha value is -2.12. The zero-order chi connectivity index (χ0) is 18.9. The lowest BCUT2D eigenvalue weighted by atomic mass is 9.92. The van der Waals surface area contributed by atoms with Gasteiger partial charge in [0, 0.05) is 13.1 Å². The van der Waals surface area contributed by atoms with E-state index < -0.39 is 24.1 Å². The van der Waals surface area contributed by atoms with Gasteiger partial charge in [-0.15, -0.1) is 0 Å². The van der Waals surface area contributed by atoms with Gasteiger partial charge in [0.25, 0.3) is 11.8 Å². The molecule has 0 radical (unpaired) electrons. The highest BCUT2D eigenvalue weighted by molar-refractivity contribution is 6.08. The second-order valence-electron chi connectivity index (χ2n) is 8.02. The number of urea groups is 1. The molecule has 0 aromatic carbocycles. The van der Waals surface area contributed by atoms with E-state index in [0.29, 0.717) is 37.8 Å². The number of likely N-dealkylation sites (tertiary alicyclic amines) is 1. The number of hydrogen-bond donors (Lipinski definition) is 1. The van der Waals surface area contributed by atoms with Gasteiger partial charge in [0.1, 0.15) is 12.1 Å². The molecule has 0 unspecified atom stereocenters. The van der Waals surface area contributed by atoms with Gasteiger partial charge in [0.05, 0.1) is 0 Å². The highest BCUT2D eigenvalue weighted by atomic mass is 16.5. The summed E-state index contributed by atoms with van der Waals surface area (Å²) in [7, 11) is 0. The van der Waals surface area contributed by atoms with Gasteiger partial charge in [-0.2, -0.15) is 0 Å². The first-order chi connectivity index (χ1) is 12.3. The van der Waals surface area contributed by atoms with E-state index in [1.54, 1.807) is 4.90 Å². The predicted molar refractivity (Wildman–Crippen MR) is 91.9 cm³/mol. The molecule has 0 aromatic rings. The Balaban J connectivity index is 1.49. The molecule has 1 saturated carbocycles. The zero-order valence-electron chi connectivity index (χ0n) is 15.5. The molecule has 1 spiro atoms. The summed E-state index contributed by atoms with van der Waals surface area (Å²) >= 11 is 0. The summed E-state index contributed by atoms with van der Waals surface area (Å²) in [5, 5.41) is 2.72. The lowest BCUT2D eigenvalue weighted by Crippen LogP contribution is -2.45. The molecule has 4 amide bonds. The van der Waals surface area contributed by atoms with Crippen LogP contribution in [-0.4, -0.2) is 65.4 Å². The number of rotatable bonds is 4. The summed E-state index contributed by atoms with van der Waals surface area (Å²) in [6.45, 7) is 4.71. The van der Waals surface area contributed by atoms with Crippen LogP contribution in [0, 0.1) is 11.8 Å². The number of nitrogens with one attached hydrogen (secondary N) is 1. The molecule has 2 aliphatic heterocycles. The molecule has 8 heteroatoms. The first-order valence-corrected chi connectivity index (χ1v) is 9.38. The fourth-order valence-electron chi connectivity index (χ4n) is 4.41. The summed E-state index contributed by atoms with van der Waals surface area (Å²) in [6.07, 6.45) is 4.05. The number of carbonyl (C=O) groups is 4. The zero-order valence-corrected chi connectivity index (χ0v) is 15.5. The van der Waals surface area contributed by atoms with Crippen molar-refractivity contribution in [2.75, 3.05) is 26.2 Å². The van der Waals surface area contributed by atoms with E-state index >= 15 is 0 Å². The SMILES string of the molecule is C[C@H]1C[C@H](C)CN(C(=O)COC(=O)CN2C(=O)NC3(CCCC3)C2=O)C1. The summed E-state index contributed by atoms with van der Waals surface area (Å²) in [5.74, 6) is -0.489. The molecule has 2 saturated heterocycles. The minimum Gasteiger partial charge on any atom is -0.454 e. The van der Waals surface area contributed by atoms with Gasteiger partial charge >= 0.3 is 12.0 Å². The normalized spacial score (nSPS) is 27.8. The third-order valence-electron chi connectivity index (χ3n) is 5.57. The first kappa shape index (κ1) is 18.7. The van der Waals surface area contributed by atoms with E-state index in [4.69, 9.17) is 4.74 Å². The fourth-order valence-corrected chi connectivity index (χ4v) is 4.41. The van der Waals surface area contributed by atoms with Gasteiger partial charge in [0.15, 0.2) is 6.61 Å². The third kappa shape index (κ3) is 3.68. The maximum Gasteiger partial charge on any atom is 0.326 e. The van der Waals surface area contributed by atoms with Crippen LogP contribution in [0.3, 0.4) is 0 Å². The van der Waals surface area contributed by atoms with Crippen molar-refractivity contribution < 1.29 is 23.9 Å². The third-order valence-corrected chi connectivity index (χ3v) is 5.57. The first-order valence-electron chi connectivity index (χ1n) is 9.38. The van der Waals surface area contributed by atoms with E-state index in [1.165, 1.54) is 0 Å². The second kappa shape index (κ2) is 7.25. The number of carbonyl (C=O) groups excluding carboxylic acids is 4. The molecule has 2 atom stereocenters. The Morgan fingerprint density at radius 3 is 2.38 bits per heavy atom. The molecular formula is C18H27N3O5. The number of esters is 1. The maximum atomic E-state index is 12.5. The van der Waals surface area contributed by atoms with Crippen LogP contribution >= 0.6 is 0 Å². The molecule has 1 aliphatic carbocycles. The van der Waals surface area contributed by atoms with Crippen molar-refractivity contribution in [3.63, 3.8) is 0 Å². The minimum absolute atomic E-state index is 0.235. The summed E-state index contributed by atoms with van der Waals surface area (Å²) < 4.78 is 5.03. The molecular weight excluding hydrogens is 338 g/mol. The second-order valence-corrected chi connectivity index (χ2v) is 8.02. The van der Waals surface area contributed by atoms with E-state index in [9.17, 15) is 19.2 Å². The monoisotopic (exact) mass is 365 g/mol. The molecule has 3 aliphatic rings. The molecule has 8 nitrogen and oxygen atoms in total.